The first-order valence-corrected chi connectivity index (χ1v) is 9.03. The molecule has 128 valence electrons. The Bertz CT molecular complexity index is 703. The molecule has 6 nitrogen and oxygen atoms in total. The lowest BCUT2D eigenvalue weighted by atomic mass is 10.2. The summed E-state index contributed by atoms with van der Waals surface area (Å²) in [4.78, 5) is 12.1. The highest BCUT2D eigenvalue weighted by Crippen LogP contribution is 2.27. The molecule has 0 bridgehead atoms. The summed E-state index contributed by atoms with van der Waals surface area (Å²) in [6.45, 7) is 3.12. The maximum Gasteiger partial charge on any atom is 0.277 e. The molecule has 2 atom stereocenters. The van der Waals surface area contributed by atoms with Gasteiger partial charge in [0.15, 0.2) is 0 Å². The van der Waals surface area contributed by atoms with Crippen LogP contribution in [-0.4, -0.2) is 40.6 Å². The van der Waals surface area contributed by atoms with Crippen molar-refractivity contribution in [3.8, 4) is 11.5 Å². The Hall–Kier alpha value is -1.57. The predicted octanol–water partition coefficient (Wildman–Crippen LogP) is 3.17. The lowest BCUT2D eigenvalue weighted by Crippen LogP contribution is -2.36. The number of thioether (sulfide) groups is 1. The van der Waals surface area contributed by atoms with Gasteiger partial charge in [0.25, 0.3) is 5.22 Å². The average molecular weight is 368 g/mol. The van der Waals surface area contributed by atoms with Crippen LogP contribution in [0.25, 0.3) is 11.5 Å². The molecule has 24 heavy (non-hydrogen) atoms. The number of ether oxygens (including phenoxy) is 1. The van der Waals surface area contributed by atoms with Gasteiger partial charge >= 0.3 is 0 Å². The van der Waals surface area contributed by atoms with Crippen LogP contribution in [0.1, 0.15) is 19.8 Å². The van der Waals surface area contributed by atoms with Gasteiger partial charge < -0.3 is 14.5 Å². The minimum Gasteiger partial charge on any atom is -0.411 e. The zero-order chi connectivity index (χ0) is 16.9. The molecule has 1 aliphatic rings. The summed E-state index contributed by atoms with van der Waals surface area (Å²) >= 11 is 7.19. The molecule has 1 aromatic heterocycles. The quantitative estimate of drug-likeness (QED) is 0.790. The van der Waals surface area contributed by atoms with Gasteiger partial charge in [-0.1, -0.05) is 29.4 Å². The van der Waals surface area contributed by atoms with E-state index in [-0.39, 0.29) is 17.3 Å². The number of rotatable bonds is 6. The molecule has 3 rings (SSSR count). The molecule has 0 radical (unpaired) electrons. The molecule has 1 N–H and O–H groups in total. The van der Waals surface area contributed by atoms with E-state index in [9.17, 15) is 4.79 Å². The van der Waals surface area contributed by atoms with Crippen molar-refractivity contribution in [1.82, 2.24) is 15.5 Å². The fraction of sp³-hybridized carbons (Fsp3) is 0.438. The van der Waals surface area contributed by atoms with Crippen molar-refractivity contribution in [2.24, 2.45) is 0 Å². The van der Waals surface area contributed by atoms with Crippen molar-refractivity contribution < 1.29 is 13.9 Å². The molecule has 1 amide bonds. The van der Waals surface area contributed by atoms with Crippen LogP contribution in [0.4, 0.5) is 0 Å². The van der Waals surface area contributed by atoms with Crippen LogP contribution in [0.2, 0.25) is 5.02 Å². The molecular weight excluding hydrogens is 350 g/mol. The van der Waals surface area contributed by atoms with E-state index in [1.54, 1.807) is 19.1 Å². The van der Waals surface area contributed by atoms with E-state index in [2.05, 4.69) is 15.5 Å². The molecule has 8 heteroatoms. The van der Waals surface area contributed by atoms with E-state index in [0.29, 0.717) is 22.7 Å². The van der Waals surface area contributed by atoms with Crippen LogP contribution in [-0.2, 0) is 9.53 Å². The summed E-state index contributed by atoms with van der Waals surface area (Å²) < 4.78 is 11.1. The van der Waals surface area contributed by atoms with Crippen LogP contribution >= 0.6 is 23.4 Å². The van der Waals surface area contributed by atoms with Gasteiger partial charge in [0, 0.05) is 23.7 Å². The minimum atomic E-state index is -0.334. The summed E-state index contributed by atoms with van der Waals surface area (Å²) in [5.74, 6) is 0.310. The lowest BCUT2D eigenvalue weighted by Gasteiger charge is -2.13. The molecule has 1 fully saturated rings. The standard InChI is InChI=1S/C16H18ClN3O3S/c1-10(14(21)18-9-13-6-3-7-22-13)24-16-20-19-15(23-16)11-4-2-5-12(17)8-11/h2,4-5,8,10,13H,3,6-7,9H2,1H3,(H,18,21)/t10-,13+/m0/s1. The number of carbonyl (C=O) groups excluding carboxylic acids is 1. The Kier molecular flexibility index (Phi) is 5.76. The smallest absolute Gasteiger partial charge is 0.277 e. The van der Waals surface area contributed by atoms with Crippen LogP contribution in [0.15, 0.2) is 33.9 Å². The summed E-state index contributed by atoms with van der Waals surface area (Å²) in [5.41, 5.74) is 0.748. The van der Waals surface area contributed by atoms with E-state index in [4.69, 9.17) is 20.8 Å². The molecule has 1 saturated heterocycles. The van der Waals surface area contributed by atoms with E-state index >= 15 is 0 Å². The van der Waals surface area contributed by atoms with Crippen molar-refractivity contribution in [2.45, 2.75) is 36.3 Å². The molecule has 1 aromatic carbocycles. The highest BCUT2D eigenvalue weighted by Gasteiger charge is 2.21. The van der Waals surface area contributed by atoms with Crippen molar-refractivity contribution in [3.05, 3.63) is 29.3 Å². The van der Waals surface area contributed by atoms with Gasteiger partial charge in [0.05, 0.1) is 11.4 Å². The molecule has 0 unspecified atom stereocenters. The third kappa shape index (κ3) is 4.49. The molecule has 1 aliphatic heterocycles. The summed E-state index contributed by atoms with van der Waals surface area (Å²) in [7, 11) is 0. The predicted molar refractivity (Wildman–Crippen MR) is 92.0 cm³/mol. The molecule has 2 aromatic rings. The van der Waals surface area contributed by atoms with E-state index < -0.39 is 0 Å². The van der Waals surface area contributed by atoms with Crippen molar-refractivity contribution in [2.75, 3.05) is 13.2 Å². The molecular formula is C16H18ClN3O3S. The van der Waals surface area contributed by atoms with Gasteiger partial charge in [0.1, 0.15) is 0 Å². The Balaban J connectivity index is 1.54. The SMILES string of the molecule is C[C@H](Sc1nnc(-c2cccc(Cl)c2)o1)C(=O)NC[C@H]1CCCO1. The second-order valence-electron chi connectivity index (χ2n) is 5.52. The normalized spacial score (nSPS) is 18.5. The van der Waals surface area contributed by atoms with Crippen LogP contribution in [0.3, 0.4) is 0 Å². The highest BCUT2D eigenvalue weighted by molar-refractivity contribution is 8.00. The Labute approximate surface area is 149 Å². The number of nitrogens with zero attached hydrogens (tertiary/aromatic N) is 2. The third-order valence-corrected chi connectivity index (χ3v) is 4.82. The number of hydrogen-bond acceptors (Lipinski definition) is 6. The fourth-order valence-corrected chi connectivity index (χ4v) is 3.26. The first-order valence-electron chi connectivity index (χ1n) is 7.77. The largest absolute Gasteiger partial charge is 0.411 e. The molecule has 0 spiro atoms. The Morgan fingerprint density at radius 1 is 1.50 bits per heavy atom. The van der Waals surface area contributed by atoms with Crippen LogP contribution in [0.5, 0.6) is 0 Å². The Morgan fingerprint density at radius 3 is 3.12 bits per heavy atom. The number of benzene rings is 1. The zero-order valence-corrected chi connectivity index (χ0v) is 14.8. The first kappa shape index (κ1) is 17.3. The maximum atomic E-state index is 12.1. The van der Waals surface area contributed by atoms with Crippen LogP contribution in [0, 0.1) is 0 Å². The second kappa shape index (κ2) is 8.00. The van der Waals surface area contributed by atoms with Crippen molar-refractivity contribution in [3.63, 3.8) is 0 Å². The van der Waals surface area contributed by atoms with E-state index in [1.165, 1.54) is 11.8 Å². The van der Waals surface area contributed by atoms with E-state index in [0.717, 1.165) is 25.0 Å². The molecule has 0 saturated carbocycles. The molecule has 2 heterocycles. The van der Waals surface area contributed by atoms with Crippen molar-refractivity contribution in [1.29, 1.82) is 0 Å². The number of nitrogens with one attached hydrogen (secondary N) is 1. The molecule has 0 aliphatic carbocycles. The number of hydrogen-bond donors (Lipinski definition) is 1. The topological polar surface area (TPSA) is 77.2 Å². The van der Waals surface area contributed by atoms with Gasteiger partial charge in [-0.05, 0) is 38.0 Å². The van der Waals surface area contributed by atoms with Crippen molar-refractivity contribution >= 4 is 29.3 Å². The van der Waals surface area contributed by atoms with Crippen LogP contribution < -0.4 is 5.32 Å². The number of carbonyl (C=O) groups is 1. The highest BCUT2D eigenvalue weighted by atomic mass is 35.5. The third-order valence-electron chi connectivity index (χ3n) is 3.65. The second-order valence-corrected chi connectivity index (χ2v) is 7.25. The lowest BCUT2D eigenvalue weighted by molar-refractivity contribution is -0.120. The average Bonchev–Trinajstić information content (AvgIpc) is 3.24. The fourth-order valence-electron chi connectivity index (χ4n) is 2.36. The van der Waals surface area contributed by atoms with Gasteiger partial charge in [-0.3, -0.25) is 4.79 Å². The monoisotopic (exact) mass is 367 g/mol. The first-order chi connectivity index (χ1) is 11.6. The van der Waals surface area contributed by atoms with Gasteiger partial charge in [-0.15, -0.1) is 10.2 Å². The van der Waals surface area contributed by atoms with E-state index in [1.807, 2.05) is 12.1 Å². The number of aromatic nitrogens is 2. The summed E-state index contributed by atoms with van der Waals surface area (Å²) in [6, 6.07) is 7.18. The summed E-state index contributed by atoms with van der Waals surface area (Å²) in [5, 5.41) is 11.5. The number of amides is 1. The summed E-state index contributed by atoms with van der Waals surface area (Å²) in [6.07, 6.45) is 2.18. The minimum absolute atomic E-state index is 0.0713. The van der Waals surface area contributed by atoms with Gasteiger partial charge in [-0.2, -0.15) is 0 Å². The van der Waals surface area contributed by atoms with Gasteiger partial charge in [-0.25, -0.2) is 0 Å². The Morgan fingerprint density at radius 2 is 2.38 bits per heavy atom. The van der Waals surface area contributed by atoms with Gasteiger partial charge in [0.2, 0.25) is 11.8 Å². The maximum absolute atomic E-state index is 12.1. The number of halogens is 1. The zero-order valence-electron chi connectivity index (χ0n) is 13.2.